The summed E-state index contributed by atoms with van der Waals surface area (Å²) in [7, 11) is 0. The molecule has 124 heavy (non-hydrogen) atoms. The van der Waals surface area contributed by atoms with Crippen molar-refractivity contribution in [2.45, 2.75) is 137 Å². The summed E-state index contributed by atoms with van der Waals surface area (Å²) < 4.78 is 55.2. The number of Topliss-reactive ketones (excluding diaryl/α,β-unsaturated/α-hetero) is 1. The Bertz CT molecular complexity index is 5890. The first-order chi connectivity index (χ1) is 59.1. The Morgan fingerprint density at radius 2 is 0.855 bits per heavy atom. The van der Waals surface area contributed by atoms with E-state index in [0.29, 0.717) is 75.0 Å². The first-order valence-corrected chi connectivity index (χ1v) is 41.3. The number of halogens is 4. The Balaban J connectivity index is 0.000000170. The Morgan fingerprint density at radius 3 is 1.26 bits per heavy atom. The molecule has 640 valence electrons. The van der Waals surface area contributed by atoms with E-state index in [9.17, 15) is 38.4 Å². The molecule has 3 aliphatic carbocycles. The van der Waals surface area contributed by atoms with Crippen LogP contribution in [-0.2, 0) is 30.7 Å². The number of aromatic nitrogens is 6. The monoisotopic (exact) mass is 1690 g/mol. The first kappa shape index (κ1) is 90.1. The molecular formula is C97H102ClF3N16O7. The summed E-state index contributed by atoms with van der Waals surface area (Å²) in [5.41, 5.74) is 30.9. The Morgan fingerprint density at radius 1 is 0.484 bits per heavy atom. The highest BCUT2D eigenvalue weighted by molar-refractivity contribution is 6.04. The summed E-state index contributed by atoms with van der Waals surface area (Å²) >= 11 is 0. The second-order valence-electron chi connectivity index (χ2n) is 32.6. The number of benzene rings is 9. The van der Waals surface area contributed by atoms with Gasteiger partial charge >= 0.3 is 6.09 Å². The van der Waals surface area contributed by atoms with Crippen LogP contribution in [-0.4, -0.2) is 90.1 Å². The van der Waals surface area contributed by atoms with Gasteiger partial charge in [-0.15, -0.1) is 12.4 Å². The van der Waals surface area contributed by atoms with Crippen LogP contribution in [0.2, 0.25) is 0 Å². The van der Waals surface area contributed by atoms with Gasteiger partial charge in [0.2, 0.25) is 11.8 Å². The Hall–Kier alpha value is -13.2. The molecule has 3 saturated carbocycles. The van der Waals surface area contributed by atoms with Gasteiger partial charge in [0.05, 0.1) is 75.3 Å². The van der Waals surface area contributed by atoms with E-state index < -0.39 is 52.8 Å². The number of aryl methyl sites for hydroxylation is 4. The SMILES string of the molecule is CCc1cccc(-n2nc(C)cc2C(=O)Cc2cc(C(NCC3CC3)c3ccc(C#N)cc3)ccc2F)c1.Cc1cc(C(=O)Nc2cc(C(NCC3CC3)c3ccc(C(N)=O)cc3)ccc2F)n(-c2cccc(CN)c2)n1.Cc1cc(C(=O)Nc2cc(C(NCC3CC3)c3ccc(C(N)=O)cc3)ccc2F)n(-c2cccc(CNC(=O)OC(C)(C)C)c2)n1.Cl. The van der Waals surface area contributed by atoms with Crippen molar-refractivity contribution >= 4 is 59.3 Å². The zero-order valence-corrected chi connectivity index (χ0v) is 71.0. The van der Waals surface area contributed by atoms with Gasteiger partial charge in [0.1, 0.15) is 40.1 Å². The third kappa shape index (κ3) is 24.0. The quantitative estimate of drug-likeness (QED) is 0.0182. The molecule has 3 fully saturated rings. The maximum atomic E-state index is 15.2. The van der Waals surface area contributed by atoms with E-state index in [4.69, 9.17) is 21.9 Å². The fourth-order valence-electron chi connectivity index (χ4n) is 14.3. The van der Waals surface area contributed by atoms with Crippen molar-refractivity contribution in [3.05, 3.63) is 342 Å². The number of alkyl carbamates (subject to hydrolysis) is 1. The summed E-state index contributed by atoms with van der Waals surface area (Å²) in [4.78, 5) is 75.8. The van der Waals surface area contributed by atoms with Crippen LogP contribution in [0.4, 0.5) is 29.3 Å². The van der Waals surface area contributed by atoms with Gasteiger partial charge in [-0.25, -0.2) is 32.0 Å². The molecule has 0 bridgehead atoms. The molecule has 0 aliphatic heterocycles. The number of ether oxygens (including phenoxy) is 1. The maximum Gasteiger partial charge on any atom is 0.407 e. The molecule has 15 rings (SSSR count). The minimum Gasteiger partial charge on any atom is -0.444 e. The topological polar surface area (TPSA) is 339 Å². The molecule has 27 heteroatoms. The number of nitrogens with two attached hydrogens (primary N) is 3. The van der Waals surface area contributed by atoms with Gasteiger partial charge in [-0.2, -0.15) is 20.6 Å². The molecule has 9 aromatic carbocycles. The number of rotatable bonds is 31. The number of nitrogens with zero attached hydrogens (tertiary/aromatic N) is 7. The van der Waals surface area contributed by atoms with Gasteiger partial charge in [-0.05, 0) is 301 Å². The zero-order valence-electron chi connectivity index (χ0n) is 70.2. The van der Waals surface area contributed by atoms with Crippen LogP contribution in [0.15, 0.2) is 218 Å². The van der Waals surface area contributed by atoms with E-state index in [1.807, 2.05) is 97.9 Å². The van der Waals surface area contributed by atoms with Gasteiger partial charge in [0.25, 0.3) is 11.8 Å². The largest absolute Gasteiger partial charge is 0.444 e. The van der Waals surface area contributed by atoms with Crippen molar-refractivity contribution in [1.29, 1.82) is 5.26 Å². The van der Waals surface area contributed by atoms with E-state index >= 15 is 8.78 Å². The standard InChI is InChI=1S/C35H39FN6O4.C32H31FN4O.C30H31FN6O2.ClH/c1-21-16-30(42(41-21)27-7-5-6-23(17-27)20-39-34(45)46-35(2,3)4)33(44)40-29-18-26(14-15-28(29)36)31(38-19-22-8-9-22)24-10-12-25(13-11-24)32(37)43;1-3-22-5-4-6-28(16-22)37-30(15-21(2)36-37)31(38)18-27-17-26(13-14-29(27)33)32(35-20-24-7-8-24)25-11-9-23(19-34)10-12-25;1-18-13-27(37(36-18)24-4-2-3-20(14-24)16-32)30(39)35-26-15-23(11-12-25(26)31)28(34-17-19-5-6-19)21-7-9-22(10-8-21)29(33)38;/h5-7,10-18,22,31,38H,8-9,19-20H2,1-4H3,(H2,37,43)(H,39,45)(H,40,44);4-6,9-17,24,32,35H,3,7-8,18,20H2,1-2H3;2-4,7-15,19,28,34H,5-6,16-17,32H2,1H3,(H2,33,38)(H,35,39);1H. The molecule has 3 atom stereocenters. The van der Waals surface area contributed by atoms with E-state index in [0.717, 1.165) is 100 Å². The number of nitriles is 1. The number of hydrogen-bond acceptors (Lipinski definition) is 15. The van der Waals surface area contributed by atoms with Crippen molar-refractivity contribution < 1.29 is 46.7 Å². The molecule has 3 heterocycles. The van der Waals surface area contributed by atoms with Gasteiger partial charge in [-0.1, -0.05) is 104 Å². The highest BCUT2D eigenvalue weighted by Crippen LogP contribution is 2.36. The maximum absolute atomic E-state index is 15.2. The number of carbonyl (C=O) groups is 6. The molecule has 3 unspecified atom stereocenters. The van der Waals surface area contributed by atoms with Gasteiger partial charge in [0.15, 0.2) is 5.78 Å². The van der Waals surface area contributed by atoms with Gasteiger partial charge < -0.3 is 53.8 Å². The second kappa shape index (κ2) is 40.7. The van der Waals surface area contributed by atoms with Crippen LogP contribution in [0, 0.1) is 67.3 Å². The normalized spacial score (nSPS) is 13.6. The van der Waals surface area contributed by atoms with E-state index in [1.54, 1.807) is 148 Å². The van der Waals surface area contributed by atoms with Crippen LogP contribution >= 0.6 is 12.4 Å². The van der Waals surface area contributed by atoms with Crippen molar-refractivity contribution in [2.75, 3.05) is 30.3 Å². The van der Waals surface area contributed by atoms with Gasteiger partial charge in [0, 0.05) is 30.6 Å². The van der Waals surface area contributed by atoms with Crippen LogP contribution in [0.25, 0.3) is 17.1 Å². The van der Waals surface area contributed by atoms with E-state index in [2.05, 4.69) is 60.2 Å². The third-order valence-electron chi connectivity index (χ3n) is 21.4. The minimum absolute atomic E-state index is 0. The molecule has 5 amide bonds. The van der Waals surface area contributed by atoms with Crippen molar-refractivity contribution in [2.24, 2.45) is 35.0 Å². The number of amides is 5. The lowest BCUT2D eigenvalue weighted by atomic mass is 9.94. The number of anilines is 2. The predicted molar refractivity (Wildman–Crippen MR) is 474 cm³/mol. The van der Waals surface area contributed by atoms with Crippen LogP contribution in [0.5, 0.6) is 0 Å². The van der Waals surface area contributed by atoms with Crippen molar-refractivity contribution in [3.63, 3.8) is 0 Å². The number of ketones is 1. The summed E-state index contributed by atoms with van der Waals surface area (Å²) in [6, 6.07) is 64.9. The molecule has 3 aromatic heterocycles. The fourth-order valence-corrected chi connectivity index (χ4v) is 14.3. The second-order valence-corrected chi connectivity index (χ2v) is 32.6. The molecule has 3 aliphatic rings. The van der Waals surface area contributed by atoms with E-state index in [1.165, 1.54) is 53.2 Å². The summed E-state index contributed by atoms with van der Waals surface area (Å²) in [5.74, 6) is -1.92. The average molecular weight is 1700 g/mol. The van der Waals surface area contributed by atoms with E-state index in [-0.39, 0.29) is 72.0 Å². The number of primary amides is 2. The zero-order chi connectivity index (χ0) is 87.2. The molecule has 12 N–H and O–H groups in total. The van der Waals surface area contributed by atoms with Crippen LogP contribution in [0.1, 0.15) is 215 Å². The molecule has 23 nitrogen and oxygen atoms in total. The van der Waals surface area contributed by atoms with Gasteiger partial charge in [-0.3, -0.25) is 24.0 Å². The molecule has 0 radical (unpaired) electrons. The lowest BCUT2D eigenvalue weighted by Crippen LogP contribution is -2.32. The highest BCUT2D eigenvalue weighted by Gasteiger charge is 2.30. The van der Waals surface area contributed by atoms with Crippen molar-refractivity contribution in [1.82, 2.24) is 50.6 Å². The summed E-state index contributed by atoms with van der Waals surface area (Å²) in [6.07, 6.45) is 7.35. The summed E-state index contributed by atoms with van der Waals surface area (Å²) in [6.45, 7) is 15.9. The Kier molecular flexibility index (Phi) is 29.6. The molecule has 12 aromatic rings. The minimum atomic E-state index is -0.620. The lowest BCUT2D eigenvalue weighted by molar-refractivity contribution is 0.0522. The fraction of sp³-hybridized carbons (Fsp3) is 0.278. The third-order valence-corrected chi connectivity index (χ3v) is 21.4. The molecule has 0 spiro atoms. The smallest absolute Gasteiger partial charge is 0.407 e. The molecule has 0 saturated heterocycles. The number of hydrogen-bond donors (Lipinski definition) is 9. The predicted octanol–water partition coefficient (Wildman–Crippen LogP) is 16.7. The van der Waals surface area contributed by atoms with Crippen LogP contribution in [0.3, 0.4) is 0 Å². The summed E-state index contributed by atoms with van der Waals surface area (Å²) in [5, 5.41) is 41.7. The lowest BCUT2D eigenvalue weighted by Gasteiger charge is -2.21. The number of nitrogens with one attached hydrogen (secondary N) is 6. The van der Waals surface area contributed by atoms with Crippen molar-refractivity contribution in [3.8, 4) is 23.1 Å². The highest BCUT2D eigenvalue weighted by atomic mass is 35.5. The first-order valence-electron chi connectivity index (χ1n) is 41.3. The molecular weight excluding hydrogens is 1590 g/mol. The van der Waals surface area contributed by atoms with Crippen LogP contribution < -0.4 is 49.1 Å². The average Bonchev–Trinajstić information content (AvgIpc) is 1.60. The Labute approximate surface area is 725 Å². The number of carbonyl (C=O) groups excluding carboxylic acids is 6.